The van der Waals surface area contributed by atoms with Crippen LogP contribution in [0.1, 0.15) is 109 Å². The van der Waals surface area contributed by atoms with Crippen LogP contribution < -0.4 is 5.32 Å². The normalized spacial score (nSPS) is 12.4. The van der Waals surface area contributed by atoms with Crippen molar-refractivity contribution in [2.75, 3.05) is 61.4 Å². The third-order valence-electron chi connectivity index (χ3n) is 6.94. The van der Waals surface area contributed by atoms with Gasteiger partial charge in [-0.25, -0.2) is 9.79 Å². The highest BCUT2D eigenvalue weighted by atomic mass is 16.4. The van der Waals surface area contributed by atoms with Crippen molar-refractivity contribution >= 4 is 24.0 Å². The van der Waals surface area contributed by atoms with Gasteiger partial charge in [0.2, 0.25) is 11.8 Å². The van der Waals surface area contributed by atoms with Crippen molar-refractivity contribution in [2.45, 2.75) is 109 Å². The van der Waals surface area contributed by atoms with Gasteiger partial charge in [-0.2, -0.15) is 0 Å². The van der Waals surface area contributed by atoms with Gasteiger partial charge in [0.25, 0.3) is 0 Å². The fourth-order valence-corrected chi connectivity index (χ4v) is 4.49. The van der Waals surface area contributed by atoms with Crippen molar-refractivity contribution in [3.8, 4) is 0 Å². The number of allylic oxidation sites excluding steroid dienone is 2. The van der Waals surface area contributed by atoms with Crippen LogP contribution in [0.15, 0.2) is 17.1 Å². The zero-order chi connectivity index (χ0) is 30.1. The summed E-state index contributed by atoms with van der Waals surface area (Å²) >= 11 is 0. The number of nitrogens with one attached hydrogen (secondary N) is 1. The van der Waals surface area contributed by atoms with Crippen molar-refractivity contribution in [1.29, 1.82) is 0 Å². The Morgan fingerprint density at radius 3 is 1.80 bits per heavy atom. The number of carboxylic acid groups (broad SMARTS) is 1. The van der Waals surface area contributed by atoms with E-state index in [1.54, 1.807) is 6.21 Å². The van der Waals surface area contributed by atoms with Crippen LogP contribution in [0.5, 0.6) is 0 Å². The van der Waals surface area contributed by atoms with E-state index in [1.165, 1.54) is 32.1 Å². The minimum Gasteiger partial charge on any atom is -0.477 e. The number of carboxylic acids is 1. The van der Waals surface area contributed by atoms with Gasteiger partial charge in [0, 0.05) is 32.0 Å². The molecule has 0 aromatic heterocycles. The van der Waals surface area contributed by atoms with E-state index in [9.17, 15) is 14.4 Å². The van der Waals surface area contributed by atoms with Crippen LogP contribution >= 0.6 is 0 Å². The number of amides is 2. The maximum atomic E-state index is 11.9. The Kier molecular flexibility index (Phi) is 22.4. The molecule has 0 heterocycles. The third kappa shape index (κ3) is 28.9. The number of hydrogen-bond donors (Lipinski definition) is 2. The first kappa shape index (κ1) is 37.9. The van der Waals surface area contributed by atoms with E-state index in [-0.39, 0.29) is 18.4 Å². The predicted molar refractivity (Wildman–Crippen MR) is 167 cm³/mol. The molecule has 0 rings (SSSR count). The summed E-state index contributed by atoms with van der Waals surface area (Å²) in [7, 11) is 10.3. The first-order chi connectivity index (χ1) is 18.9. The second kappa shape index (κ2) is 23.6. The molecule has 232 valence electrons. The summed E-state index contributed by atoms with van der Waals surface area (Å²) in [6, 6.07) is 0. The molecule has 0 unspecified atom stereocenters. The first-order valence-electron chi connectivity index (χ1n) is 15.7. The number of aliphatic carboxylic acids is 1. The molecule has 0 aliphatic rings. The van der Waals surface area contributed by atoms with Crippen LogP contribution in [-0.2, 0) is 14.4 Å². The Balaban J connectivity index is 3.46. The zero-order valence-corrected chi connectivity index (χ0v) is 26.6. The number of hydrogen-bond acceptors (Lipinski definition) is 3. The number of rotatable bonds is 26. The number of quaternary nitrogens is 2. The maximum absolute atomic E-state index is 11.9. The van der Waals surface area contributed by atoms with Crippen LogP contribution in [0.2, 0.25) is 0 Å². The van der Waals surface area contributed by atoms with Gasteiger partial charge in [0.15, 0.2) is 6.54 Å². The van der Waals surface area contributed by atoms with Crippen LogP contribution in [0.25, 0.3) is 0 Å². The van der Waals surface area contributed by atoms with Crippen LogP contribution in [0.4, 0.5) is 0 Å². The lowest BCUT2D eigenvalue weighted by atomic mass is 10.1. The van der Waals surface area contributed by atoms with Crippen molar-refractivity contribution < 1.29 is 28.5 Å². The number of likely N-dealkylation sites (N-methyl/N-ethyl adjacent to an activating group) is 1. The summed E-state index contributed by atoms with van der Waals surface area (Å²) in [5, 5.41) is 11.9. The Morgan fingerprint density at radius 2 is 1.23 bits per heavy atom. The molecular formula is C32H62N4O4+2. The molecule has 0 bridgehead atoms. The lowest BCUT2D eigenvalue weighted by molar-refractivity contribution is -0.882. The topological polar surface area (TPSA) is 95.8 Å². The van der Waals surface area contributed by atoms with Crippen LogP contribution in [0, 0.1) is 0 Å². The Morgan fingerprint density at radius 1 is 0.675 bits per heavy atom. The zero-order valence-electron chi connectivity index (χ0n) is 26.6. The fraction of sp³-hybridized carbons (Fsp3) is 0.812. The highest BCUT2D eigenvalue weighted by Gasteiger charge is 2.18. The van der Waals surface area contributed by atoms with E-state index in [0.29, 0.717) is 30.3 Å². The number of nitrogens with zero attached hydrogens (tertiary/aromatic N) is 3. The molecule has 2 amide bonds. The molecule has 0 spiro atoms. The van der Waals surface area contributed by atoms with Gasteiger partial charge in [-0.1, -0.05) is 50.7 Å². The molecule has 0 aliphatic carbocycles. The molecule has 40 heavy (non-hydrogen) atoms. The Bertz CT molecular complexity index is 742. The smallest absolute Gasteiger partial charge is 0.359 e. The van der Waals surface area contributed by atoms with E-state index in [4.69, 9.17) is 5.11 Å². The van der Waals surface area contributed by atoms with Crippen LogP contribution in [-0.4, -0.2) is 99.5 Å². The molecular weight excluding hydrogens is 504 g/mol. The van der Waals surface area contributed by atoms with Crippen molar-refractivity contribution in [3.63, 3.8) is 0 Å². The highest BCUT2D eigenvalue weighted by molar-refractivity contribution is 5.84. The molecule has 0 saturated heterocycles. The lowest BCUT2D eigenvalue weighted by Gasteiger charge is -2.26. The van der Waals surface area contributed by atoms with Gasteiger partial charge in [-0.15, -0.1) is 0 Å². The average molecular weight is 567 g/mol. The Hall–Kier alpha value is -2.06. The summed E-state index contributed by atoms with van der Waals surface area (Å²) in [5.74, 6) is -0.685. The summed E-state index contributed by atoms with van der Waals surface area (Å²) in [6.45, 7) is 2.67. The lowest BCUT2D eigenvalue weighted by Crippen LogP contribution is -2.44. The van der Waals surface area contributed by atoms with Crippen molar-refractivity contribution in [1.82, 2.24) is 5.32 Å². The number of unbranched alkanes of at least 4 members (excludes halogenated alkanes) is 11. The van der Waals surface area contributed by atoms with Crippen molar-refractivity contribution in [3.05, 3.63) is 12.2 Å². The monoisotopic (exact) mass is 566 g/mol. The number of carbonyl (C=O) groups excluding carboxylic acids is 2. The van der Waals surface area contributed by atoms with Gasteiger partial charge in [-0.3, -0.25) is 9.59 Å². The van der Waals surface area contributed by atoms with E-state index < -0.39 is 5.97 Å². The minimum atomic E-state index is -0.817. The first-order valence-corrected chi connectivity index (χ1v) is 15.7. The second-order valence-electron chi connectivity index (χ2n) is 12.9. The molecule has 0 aliphatic heterocycles. The van der Waals surface area contributed by atoms with E-state index >= 15 is 0 Å². The van der Waals surface area contributed by atoms with Crippen molar-refractivity contribution in [2.24, 2.45) is 4.99 Å². The molecule has 0 aromatic carbocycles. The minimum absolute atomic E-state index is 0.0687. The molecule has 8 heteroatoms. The SMILES string of the molecule is C[N+](C)(C)CCCCNC(=O)CCCCCCC/C=C/CCCCCCCC(=O)N=CCC[N+](C)(C)CC(=O)O. The van der Waals surface area contributed by atoms with Gasteiger partial charge in [0.05, 0.1) is 48.3 Å². The van der Waals surface area contributed by atoms with Gasteiger partial charge in [-0.05, 0) is 51.4 Å². The van der Waals surface area contributed by atoms with Crippen LogP contribution in [0.3, 0.4) is 0 Å². The molecule has 0 fully saturated rings. The second-order valence-corrected chi connectivity index (χ2v) is 12.9. The van der Waals surface area contributed by atoms with E-state index in [1.807, 2.05) is 14.1 Å². The van der Waals surface area contributed by atoms with Gasteiger partial charge >= 0.3 is 5.97 Å². The summed E-state index contributed by atoms with van der Waals surface area (Å²) < 4.78 is 1.36. The molecule has 0 atom stereocenters. The standard InChI is InChI=1S/C32H60N4O4/c1-35(2,3)27-21-20-25-33-30(37)23-18-16-14-12-10-8-6-7-9-11-13-15-17-19-24-31(38)34-26-22-28-36(4,5)29-32(39)40/h6-7,26H,8-25,27-29H2,1-5H3/p+2/b7-6+,34-26?. The van der Waals surface area contributed by atoms with Gasteiger partial charge < -0.3 is 19.4 Å². The molecule has 8 nitrogen and oxygen atoms in total. The van der Waals surface area contributed by atoms with E-state index in [2.05, 4.69) is 43.6 Å². The van der Waals surface area contributed by atoms with Gasteiger partial charge in [0.1, 0.15) is 0 Å². The molecule has 2 N–H and O–H groups in total. The average Bonchev–Trinajstić information content (AvgIpc) is 2.84. The number of aliphatic imine (C=N–C) groups is 1. The largest absolute Gasteiger partial charge is 0.477 e. The predicted octanol–water partition coefficient (Wildman–Crippen LogP) is 5.76. The maximum Gasteiger partial charge on any atom is 0.359 e. The summed E-state index contributed by atoms with van der Waals surface area (Å²) in [6.07, 6.45) is 23.8. The molecule has 0 aromatic rings. The number of carbonyl (C=O) groups is 3. The quantitative estimate of drug-likeness (QED) is 0.0603. The molecule has 0 radical (unpaired) electrons. The fourth-order valence-electron chi connectivity index (χ4n) is 4.49. The Labute approximate surface area is 245 Å². The van der Waals surface area contributed by atoms with E-state index in [0.717, 1.165) is 75.4 Å². The summed E-state index contributed by atoms with van der Waals surface area (Å²) in [5.41, 5.74) is 0. The highest BCUT2D eigenvalue weighted by Crippen LogP contribution is 2.10. The summed E-state index contributed by atoms with van der Waals surface area (Å²) in [4.78, 5) is 38.6. The molecule has 0 saturated carbocycles. The third-order valence-corrected chi connectivity index (χ3v) is 6.94.